The fraction of sp³-hybridized carbons (Fsp3) is 0.474. The van der Waals surface area contributed by atoms with Crippen molar-refractivity contribution in [3.8, 4) is 11.4 Å². The maximum atomic E-state index is 12.8. The summed E-state index contributed by atoms with van der Waals surface area (Å²) in [4.78, 5) is 29.4. The van der Waals surface area contributed by atoms with Gasteiger partial charge in [0.25, 0.3) is 5.91 Å². The largest absolute Gasteiger partial charge is 0.377 e. The molecule has 2 aromatic heterocycles. The van der Waals surface area contributed by atoms with E-state index in [1.54, 1.807) is 31.9 Å². The zero-order valence-electron chi connectivity index (χ0n) is 15.6. The summed E-state index contributed by atoms with van der Waals surface area (Å²) in [5.74, 6) is 0.537. The molecule has 3 heterocycles. The highest BCUT2D eigenvalue weighted by molar-refractivity contribution is 5.93. The first-order valence-corrected chi connectivity index (χ1v) is 8.75. The van der Waals surface area contributed by atoms with Crippen LogP contribution in [0.25, 0.3) is 11.4 Å². The van der Waals surface area contributed by atoms with Gasteiger partial charge in [-0.25, -0.2) is 9.97 Å². The van der Waals surface area contributed by atoms with E-state index in [4.69, 9.17) is 4.74 Å². The molecule has 1 aliphatic rings. The zero-order chi connectivity index (χ0) is 18.6. The monoisotopic (exact) mass is 355 g/mol. The summed E-state index contributed by atoms with van der Waals surface area (Å²) in [5, 5.41) is 0. The number of piperidine rings is 1. The summed E-state index contributed by atoms with van der Waals surface area (Å²) < 4.78 is 5.78. The van der Waals surface area contributed by atoms with Crippen molar-refractivity contribution < 1.29 is 9.53 Å². The van der Waals surface area contributed by atoms with Gasteiger partial charge in [-0.05, 0) is 39.1 Å². The molecule has 26 heavy (non-hydrogen) atoms. The highest BCUT2D eigenvalue weighted by atomic mass is 16.5. The van der Waals surface area contributed by atoms with E-state index in [9.17, 15) is 4.79 Å². The van der Waals surface area contributed by atoms with Crippen molar-refractivity contribution in [2.75, 3.05) is 40.8 Å². The molecule has 0 radical (unpaired) electrons. The molecule has 0 unspecified atom stereocenters. The Morgan fingerprint density at radius 3 is 2.46 bits per heavy atom. The second-order valence-electron chi connectivity index (χ2n) is 6.95. The van der Waals surface area contributed by atoms with E-state index in [-0.39, 0.29) is 11.5 Å². The second kappa shape index (κ2) is 7.88. The van der Waals surface area contributed by atoms with Crippen molar-refractivity contribution in [3.05, 3.63) is 42.5 Å². The first kappa shape index (κ1) is 18.4. The molecule has 7 nitrogen and oxygen atoms in total. The van der Waals surface area contributed by atoms with Gasteiger partial charge in [0, 0.05) is 57.1 Å². The number of ether oxygens (including phenoxy) is 1. The van der Waals surface area contributed by atoms with Crippen LogP contribution >= 0.6 is 0 Å². The van der Waals surface area contributed by atoms with Crippen LogP contribution in [0.5, 0.6) is 0 Å². The highest BCUT2D eigenvalue weighted by Crippen LogP contribution is 2.27. The third kappa shape index (κ3) is 4.05. The second-order valence-corrected chi connectivity index (χ2v) is 6.95. The Labute approximate surface area is 154 Å². The van der Waals surface area contributed by atoms with Crippen LogP contribution in [0.4, 0.5) is 0 Å². The quantitative estimate of drug-likeness (QED) is 0.813. The number of aromatic nitrogens is 3. The summed E-state index contributed by atoms with van der Waals surface area (Å²) >= 11 is 0. The molecular weight excluding hydrogens is 330 g/mol. The Hall–Kier alpha value is -2.38. The number of pyridine rings is 1. The van der Waals surface area contributed by atoms with Crippen LogP contribution < -0.4 is 0 Å². The van der Waals surface area contributed by atoms with Gasteiger partial charge in [0.05, 0.1) is 11.2 Å². The first-order valence-electron chi connectivity index (χ1n) is 8.75. The number of likely N-dealkylation sites (tertiary alicyclic amines) is 1. The molecule has 138 valence electrons. The number of hydrogen-bond acceptors (Lipinski definition) is 6. The normalized spacial score (nSPS) is 16.7. The van der Waals surface area contributed by atoms with Crippen molar-refractivity contribution in [3.63, 3.8) is 0 Å². The van der Waals surface area contributed by atoms with Gasteiger partial charge in [0.1, 0.15) is 0 Å². The number of hydrogen-bond donors (Lipinski definition) is 0. The lowest BCUT2D eigenvalue weighted by atomic mass is 9.90. The minimum atomic E-state index is -0.180. The molecule has 1 fully saturated rings. The fourth-order valence-electron chi connectivity index (χ4n) is 3.39. The van der Waals surface area contributed by atoms with Gasteiger partial charge in [0.15, 0.2) is 5.82 Å². The van der Waals surface area contributed by atoms with Crippen LogP contribution in [0.1, 0.15) is 23.2 Å². The topological polar surface area (TPSA) is 71.5 Å². The fourth-order valence-corrected chi connectivity index (χ4v) is 3.39. The van der Waals surface area contributed by atoms with E-state index in [1.165, 1.54) is 0 Å². The van der Waals surface area contributed by atoms with E-state index in [2.05, 4.69) is 19.9 Å². The van der Waals surface area contributed by atoms with Gasteiger partial charge in [-0.1, -0.05) is 0 Å². The van der Waals surface area contributed by atoms with E-state index >= 15 is 0 Å². The number of rotatable bonds is 5. The van der Waals surface area contributed by atoms with E-state index in [0.29, 0.717) is 24.5 Å². The molecule has 0 saturated carbocycles. The lowest BCUT2D eigenvalue weighted by Gasteiger charge is -2.42. The van der Waals surface area contributed by atoms with Crippen LogP contribution in [0.3, 0.4) is 0 Å². The third-order valence-electron chi connectivity index (χ3n) is 4.82. The molecule has 0 spiro atoms. The predicted molar refractivity (Wildman–Crippen MR) is 98.7 cm³/mol. The number of methoxy groups -OCH3 is 1. The Morgan fingerprint density at radius 2 is 1.92 bits per heavy atom. The molecule has 0 aromatic carbocycles. The number of likely N-dealkylation sites (N-methyl/N-ethyl adjacent to an activating group) is 1. The Bertz CT molecular complexity index is 725. The van der Waals surface area contributed by atoms with Gasteiger partial charge < -0.3 is 14.5 Å². The number of amides is 1. The van der Waals surface area contributed by atoms with Gasteiger partial charge >= 0.3 is 0 Å². The first-order chi connectivity index (χ1) is 12.5. The van der Waals surface area contributed by atoms with Crippen molar-refractivity contribution in [2.24, 2.45) is 0 Å². The van der Waals surface area contributed by atoms with Gasteiger partial charge in [-0.2, -0.15) is 0 Å². The maximum absolute atomic E-state index is 12.8. The van der Waals surface area contributed by atoms with E-state index < -0.39 is 0 Å². The number of carbonyl (C=O) groups excluding carboxylic acids is 1. The summed E-state index contributed by atoms with van der Waals surface area (Å²) in [6.07, 6.45) is 8.24. The Kier molecular flexibility index (Phi) is 5.58. The van der Waals surface area contributed by atoms with Crippen molar-refractivity contribution in [1.82, 2.24) is 24.8 Å². The molecular formula is C19H25N5O2. The molecule has 0 aliphatic carbocycles. The smallest absolute Gasteiger partial charge is 0.256 e. The molecule has 3 rings (SSSR count). The summed E-state index contributed by atoms with van der Waals surface area (Å²) in [5.41, 5.74) is 1.16. The SMILES string of the molecule is COC1(CN(C)C)CCN(C(=O)c2cnc(-c3cccnc3)nc2)CC1. The van der Waals surface area contributed by atoms with E-state index in [1.807, 2.05) is 31.1 Å². The molecule has 7 heteroatoms. The van der Waals surface area contributed by atoms with Gasteiger partial charge in [-0.3, -0.25) is 9.78 Å². The molecule has 0 N–H and O–H groups in total. The minimum absolute atomic E-state index is 0.0303. The Morgan fingerprint density at radius 1 is 1.23 bits per heavy atom. The van der Waals surface area contributed by atoms with Gasteiger partial charge in [-0.15, -0.1) is 0 Å². The lowest BCUT2D eigenvalue weighted by Crippen LogP contribution is -2.52. The lowest BCUT2D eigenvalue weighted by molar-refractivity contribution is -0.0654. The molecule has 1 saturated heterocycles. The van der Waals surface area contributed by atoms with E-state index in [0.717, 1.165) is 24.9 Å². The van der Waals surface area contributed by atoms with Crippen LogP contribution in [0.15, 0.2) is 36.9 Å². The maximum Gasteiger partial charge on any atom is 0.256 e. The molecule has 0 bridgehead atoms. The summed E-state index contributed by atoms with van der Waals surface area (Å²) in [6, 6.07) is 3.73. The zero-order valence-corrected chi connectivity index (χ0v) is 15.6. The van der Waals surface area contributed by atoms with Gasteiger partial charge in [0.2, 0.25) is 0 Å². The average Bonchev–Trinajstić information content (AvgIpc) is 2.68. The van der Waals surface area contributed by atoms with Crippen LogP contribution in [-0.4, -0.2) is 77.1 Å². The minimum Gasteiger partial charge on any atom is -0.377 e. The van der Waals surface area contributed by atoms with Crippen molar-refractivity contribution in [1.29, 1.82) is 0 Å². The molecule has 0 atom stereocenters. The summed E-state index contributed by atoms with van der Waals surface area (Å²) in [7, 11) is 5.84. The van der Waals surface area contributed by atoms with Crippen molar-refractivity contribution >= 4 is 5.91 Å². The highest BCUT2D eigenvalue weighted by Gasteiger charge is 2.36. The summed E-state index contributed by atoms with van der Waals surface area (Å²) in [6.45, 7) is 2.20. The Balaban J connectivity index is 1.65. The number of carbonyl (C=O) groups is 1. The standard InChI is InChI=1S/C19H25N5O2/c1-23(2)14-19(26-3)6-9-24(10-7-19)18(25)16-12-21-17(22-13-16)15-5-4-8-20-11-15/h4-5,8,11-13H,6-7,9-10,14H2,1-3H3. The van der Waals surface area contributed by atoms with Crippen LogP contribution in [0.2, 0.25) is 0 Å². The average molecular weight is 355 g/mol. The third-order valence-corrected chi connectivity index (χ3v) is 4.82. The molecule has 1 aliphatic heterocycles. The van der Waals surface area contributed by atoms with Crippen LogP contribution in [-0.2, 0) is 4.74 Å². The predicted octanol–water partition coefficient (Wildman–Crippen LogP) is 1.72. The number of nitrogens with zero attached hydrogens (tertiary/aromatic N) is 5. The van der Waals surface area contributed by atoms with Crippen molar-refractivity contribution in [2.45, 2.75) is 18.4 Å². The van der Waals surface area contributed by atoms with Crippen LogP contribution in [0, 0.1) is 0 Å². The molecule has 1 amide bonds. The molecule has 2 aromatic rings.